The number of hydrogen-bond donors (Lipinski definition) is 0. The van der Waals surface area contributed by atoms with Gasteiger partial charge in [-0.1, -0.05) is 29.8 Å². The van der Waals surface area contributed by atoms with Gasteiger partial charge in [0.2, 0.25) is 0 Å². The predicted octanol–water partition coefficient (Wildman–Crippen LogP) is 5.56. The molecule has 1 heterocycles. The molecular formula is C21H20ClFN2O2S. The molecule has 0 N–H and O–H groups in total. The van der Waals surface area contributed by atoms with Crippen molar-refractivity contribution in [2.75, 3.05) is 18.0 Å². The lowest BCUT2D eigenvalue weighted by atomic mass is 10.1. The van der Waals surface area contributed by atoms with Crippen LogP contribution in [0.3, 0.4) is 0 Å². The Labute approximate surface area is 173 Å². The molecule has 1 saturated heterocycles. The van der Waals surface area contributed by atoms with Gasteiger partial charge in [0.25, 0.3) is 11.1 Å². The molecule has 2 amide bonds. The van der Waals surface area contributed by atoms with E-state index < -0.39 is 5.82 Å². The van der Waals surface area contributed by atoms with Gasteiger partial charge in [0.15, 0.2) is 0 Å². The molecule has 2 aromatic rings. The van der Waals surface area contributed by atoms with Crippen LogP contribution < -0.4 is 4.90 Å². The molecule has 0 aliphatic carbocycles. The monoisotopic (exact) mass is 418 g/mol. The zero-order chi connectivity index (χ0) is 20.3. The van der Waals surface area contributed by atoms with Gasteiger partial charge in [-0.3, -0.25) is 14.5 Å². The average molecular weight is 419 g/mol. The van der Waals surface area contributed by atoms with Crippen LogP contribution >= 0.6 is 23.4 Å². The quantitative estimate of drug-likeness (QED) is 0.575. The van der Waals surface area contributed by atoms with Crippen LogP contribution in [0.25, 0.3) is 6.08 Å². The molecule has 7 heteroatoms. The summed E-state index contributed by atoms with van der Waals surface area (Å²) in [5.74, 6) is -0.834. The van der Waals surface area contributed by atoms with E-state index in [2.05, 4.69) is 18.7 Å². The summed E-state index contributed by atoms with van der Waals surface area (Å²) >= 11 is 6.91. The van der Waals surface area contributed by atoms with E-state index in [0.29, 0.717) is 10.5 Å². The molecule has 2 aromatic carbocycles. The van der Waals surface area contributed by atoms with Crippen molar-refractivity contribution >= 4 is 46.3 Å². The molecule has 0 spiro atoms. The van der Waals surface area contributed by atoms with Crippen molar-refractivity contribution in [3.05, 3.63) is 69.3 Å². The van der Waals surface area contributed by atoms with Gasteiger partial charge in [-0.2, -0.15) is 0 Å². The number of nitrogens with zero attached hydrogens (tertiary/aromatic N) is 2. The van der Waals surface area contributed by atoms with Crippen LogP contribution in [-0.4, -0.2) is 29.1 Å². The van der Waals surface area contributed by atoms with Crippen LogP contribution in [0, 0.1) is 5.82 Å². The van der Waals surface area contributed by atoms with E-state index in [4.69, 9.17) is 11.6 Å². The third kappa shape index (κ3) is 4.39. The molecular weight excluding hydrogens is 399 g/mol. The van der Waals surface area contributed by atoms with E-state index in [1.165, 1.54) is 18.2 Å². The lowest BCUT2D eigenvalue weighted by molar-refractivity contribution is -0.123. The van der Waals surface area contributed by atoms with E-state index in [1.807, 2.05) is 24.3 Å². The highest BCUT2D eigenvalue weighted by Gasteiger charge is 2.35. The van der Waals surface area contributed by atoms with E-state index in [1.54, 1.807) is 6.08 Å². The third-order valence-corrected chi connectivity index (χ3v) is 5.80. The molecule has 3 rings (SSSR count). The van der Waals surface area contributed by atoms with E-state index in [-0.39, 0.29) is 22.7 Å². The third-order valence-electron chi connectivity index (χ3n) is 4.54. The minimum absolute atomic E-state index is 0.0159. The van der Waals surface area contributed by atoms with Crippen molar-refractivity contribution in [2.45, 2.75) is 20.4 Å². The van der Waals surface area contributed by atoms with Gasteiger partial charge in [-0.15, -0.1) is 0 Å². The highest BCUT2D eigenvalue weighted by atomic mass is 35.5. The summed E-state index contributed by atoms with van der Waals surface area (Å²) in [5, 5.41) is -0.175. The number of hydrogen-bond acceptors (Lipinski definition) is 4. The van der Waals surface area contributed by atoms with Gasteiger partial charge in [-0.25, -0.2) is 4.39 Å². The molecule has 1 aliphatic heterocycles. The Bertz CT molecular complexity index is 927. The van der Waals surface area contributed by atoms with Gasteiger partial charge in [0.1, 0.15) is 5.82 Å². The lowest BCUT2D eigenvalue weighted by Gasteiger charge is -2.20. The second-order valence-electron chi connectivity index (χ2n) is 6.27. The highest BCUT2D eigenvalue weighted by molar-refractivity contribution is 8.18. The number of carbonyl (C=O) groups is 2. The van der Waals surface area contributed by atoms with Crippen molar-refractivity contribution in [1.29, 1.82) is 0 Å². The Morgan fingerprint density at radius 3 is 2.39 bits per heavy atom. The fourth-order valence-corrected chi connectivity index (χ4v) is 4.04. The molecule has 0 saturated carbocycles. The molecule has 0 radical (unpaired) electrons. The molecule has 4 nitrogen and oxygen atoms in total. The lowest BCUT2D eigenvalue weighted by Crippen LogP contribution is -2.27. The summed E-state index contributed by atoms with van der Waals surface area (Å²) in [7, 11) is 0. The smallest absolute Gasteiger partial charge is 0.293 e. The normalized spacial score (nSPS) is 15.6. The average Bonchev–Trinajstić information content (AvgIpc) is 2.93. The molecule has 0 bridgehead atoms. The van der Waals surface area contributed by atoms with Gasteiger partial charge in [0.05, 0.1) is 11.4 Å². The standard InChI is InChI=1S/C21H20ClFN2O2S/c1-3-24(4-2)17-9-5-14(6-10-17)11-19-20(26)25(21(27)28-19)13-15-7-8-16(23)12-18(15)22/h5-12H,3-4,13H2,1-2H3/b19-11-. The summed E-state index contributed by atoms with van der Waals surface area (Å²) in [6, 6.07) is 11.8. The first-order valence-electron chi connectivity index (χ1n) is 8.97. The van der Waals surface area contributed by atoms with Crippen LogP contribution in [-0.2, 0) is 11.3 Å². The summed E-state index contributed by atoms with van der Waals surface area (Å²) in [6.45, 7) is 6.05. The molecule has 0 unspecified atom stereocenters. The summed E-state index contributed by atoms with van der Waals surface area (Å²) in [4.78, 5) is 28.7. The fraction of sp³-hybridized carbons (Fsp3) is 0.238. The van der Waals surface area contributed by atoms with Crippen molar-refractivity contribution in [1.82, 2.24) is 4.90 Å². The Kier molecular flexibility index (Phi) is 6.42. The summed E-state index contributed by atoms with van der Waals surface area (Å²) in [6.07, 6.45) is 1.71. The molecule has 1 fully saturated rings. The zero-order valence-electron chi connectivity index (χ0n) is 15.6. The number of rotatable bonds is 6. The Balaban J connectivity index is 1.77. The first-order chi connectivity index (χ1) is 13.4. The number of halogens is 2. The minimum Gasteiger partial charge on any atom is -0.372 e. The Morgan fingerprint density at radius 1 is 1.11 bits per heavy atom. The van der Waals surface area contributed by atoms with E-state index in [9.17, 15) is 14.0 Å². The van der Waals surface area contributed by atoms with Crippen LogP contribution in [0.4, 0.5) is 14.9 Å². The first kappa shape index (κ1) is 20.4. The molecule has 1 aliphatic rings. The first-order valence-corrected chi connectivity index (χ1v) is 10.2. The van der Waals surface area contributed by atoms with Gasteiger partial charge < -0.3 is 4.90 Å². The summed E-state index contributed by atoms with van der Waals surface area (Å²) < 4.78 is 13.2. The second-order valence-corrected chi connectivity index (χ2v) is 7.67. The minimum atomic E-state index is -0.462. The number of anilines is 1. The van der Waals surface area contributed by atoms with Crippen LogP contribution in [0.1, 0.15) is 25.0 Å². The zero-order valence-corrected chi connectivity index (χ0v) is 17.2. The largest absolute Gasteiger partial charge is 0.372 e. The maximum absolute atomic E-state index is 13.2. The maximum Gasteiger partial charge on any atom is 0.293 e. The predicted molar refractivity (Wildman–Crippen MR) is 113 cm³/mol. The summed E-state index contributed by atoms with van der Waals surface area (Å²) in [5.41, 5.74) is 2.48. The van der Waals surface area contributed by atoms with Crippen LogP contribution in [0.5, 0.6) is 0 Å². The maximum atomic E-state index is 13.2. The number of imide groups is 1. The molecule has 0 atom stereocenters. The van der Waals surface area contributed by atoms with E-state index >= 15 is 0 Å². The topological polar surface area (TPSA) is 40.6 Å². The van der Waals surface area contributed by atoms with Crippen molar-refractivity contribution in [2.24, 2.45) is 0 Å². The van der Waals surface area contributed by atoms with Crippen LogP contribution in [0.2, 0.25) is 5.02 Å². The van der Waals surface area contributed by atoms with E-state index in [0.717, 1.165) is 41.0 Å². The Hall–Kier alpha value is -2.31. The van der Waals surface area contributed by atoms with Gasteiger partial charge in [0, 0.05) is 23.8 Å². The van der Waals surface area contributed by atoms with Crippen molar-refractivity contribution in [3.63, 3.8) is 0 Å². The second kappa shape index (κ2) is 8.80. The molecule has 28 heavy (non-hydrogen) atoms. The number of amides is 2. The number of carbonyl (C=O) groups excluding carboxylic acids is 2. The highest BCUT2D eigenvalue weighted by Crippen LogP contribution is 2.34. The van der Waals surface area contributed by atoms with Crippen molar-refractivity contribution < 1.29 is 14.0 Å². The van der Waals surface area contributed by atoms with Crippen molar-refractivity contribution in [3.8, 4) is 0 Å². The SMILES string of the molecule is CCN(CC)c1ccc(/C=C2\SC(=O)N(Cc3ccc(F)cc3Cl)C2=O)cc1. The number of benzene rings is 2. The number of thioether (sulfide) groups is 1. The van der Waals surface area contributed by atoms with Gasteiger partial charge in [-0.05, 0) is 67.1 Å². The van der Waals surface area contributed by atoms with Crippen LogP contribution in [0.15, 0.2) is 47.4 Å². The Morgan fingerprint density at radius 2 is 1.79 bits per heavy atom. The molecule has 0 aromatic heterocycles. The molecule has 146 valence electrons. The fourth-order valence-electron chi connectivity index (χ4n) is 2.98. The van der Waals surface area contributed by atoms with Gasteiger partial charge >= 0.3 is 0 Å².